The molecule has 0 aliphatic carbocycles. The Bertz CT molecular complexity index is 874. The second kappa shape index (κ2) is 7.97. The number of rotatable bonds is 4. The molecule has 0 aromatic heterocycles. The third kappa shape index (κ3) is 4.28. The average Bonchev–Trinajstić information content (AvgIpc) is 2.92. The Morgan fingerprint density at radius 1 is 0.962 bits per heavy atom. The Balaban J connectivity index is 1.74. The minimum absolute atomic E-state index is 0.182. The third-order valence-electron chi connectivity index (χ3n) is 4.40. The molecule has 0 bridgehead atoms. The maximum absolute atomic E-state index is 13.2. The second-order valence-electron chi connectivity index (χ2n) is 6.31. The molecule has 138 valence electrons. The van der Waals surface area contributed by atoms with E-state index in [1.807, 2.05) is 0 Å². The van der Waals surface area contributed by atoms with E-state index >= 15 is 0 Å². The van der Waals surface area contributed by atoms with Gasteiger partial charge in [-0.1, -0.05) is 18.9 Å². The first-order valence-corrected chi connectivity index (χ1v) is 10.1. The van der Waals surface area contributed by atoms with Gasteiger partial charge in [0.05, 0.1) is 4.90 Å². The normalized spacial score (nSPS) is 16.0. The van der Waals surface area contributed by atoms with E-state index in [0.717, 1.165) is 25.7 Å². The van der Waals surface area contributed by atoms with Gasteiger partial charge in [-0.15, -0.1) is 0 Å². The van der Waals surface area contributed by atoms with Crippen LogP contribution in [0.2, 0.25) is 0 Å². The van der Waals surface area contributed by atoms with Crippen LogP contribution in [0.15, 0.2) is 53.4 Å². The number of benzene rings is 2. The van der Waals surface area contributed by atoms with Crippen LogP contribution in [0.1, 0.15) is 36.0 Å². The summed E-state index contributed by atoms with van der Waals surface area (Å²) < 4.78 is 40.2. The van der Waals surface area contributed by atoms with E-state index in [1.54, 1.807) is 6.07 Å². The maximum Gasteiger partial charge on any atom is 0.255 e. The monoisotopic (exact) mass is 376 g/mol. The molecule has 0 unspecified atom stereocenters. The number of hydrogen-bond donors (Lipinski definition) is 1. The van der Waals surface area contributed by atoms with Crippen LogP contribution >= 0.6 is 0 Å². The molecule has 0 saturated carbocycles. The number of halogens is 1. The number of carbonyl (C=O) groups excluding carboxylic acids is 1. The van der Waals surface area contributed by atoms with Gasteiger partial charge in [0.1, 0.15) is 5.82 Å². The van der Waals surface area contributed by atoms with Gasteiger partial charge < -0.3 is 5.32 Å². The van der Waals surface area contributed by atoms with Crippen molar-refractivity contribution in [3.05, 3.63) is 59.9 Å². The molecule has 1 aliphatic heterocycles. The van der Waals surface area contributed by atoms with Gasteiger partial charge in [-0.25, -0.2) is 12.8 Å². The van der Waals surface area contributed by atoms with Gasteiger partial charge >= 0.3 is 0 Å². The topological polar surface area (TPSA) is 66.5 Å². The van der Waals surface area contributed by atoms with E-state index in [2.05, 4.69) is 5.32 Å². The number of nitrogens with one attached hydrogen (secondary N) is 1. The molecule has 2 aromatic rings. The lowest BCUT2D eigenvalue weighted by Gasteiger charge is -2.20. The first kappa shape index (κ1) is 18.5. The van der Waals surface area contributed by atoms with Gasteiger partial charge in [-0.3, -0.25) is 4.79 Å². The Labute approximate surface area is 152 Å². The van der Waals surface area contributed by atoms with Crippen molar-refractivity contribution in [1.29, 1.82) is 0 Å². The highest BCUT2D eigenvalue weighted by Crippen LogP contribution is 2.21. The van der Waals surface area contributed by atoms with Crippen LogP contribution in [0.3, 0.4) is 0 Å². The van der Waals surface area contributed by atoms with Crippen LogP contribution in [0.5, 0.6) is 0 Å². The quantitative estimate of drug-likeness (QED) is 0.886. The summed E-state index contributed by atoms with van der Waals surface area (Å²) in [7, 11) is -3.54. The largest absolute Gasteiger partial charge is 0.322 e. The summed E-state index contributed by atoms with van der Waals surface area (Å²) >= 11 is 0. The highest BCUT2D eigenvalue weighted by atomic mass is 32.2. The van der Waals surface area contributed by atoms with Gasteiger partial charge in [0, 0.05) is 24.3 Å². The molecule has 0 radical (unpaired) electrons. The van der Waals surface area contributed by atoms with Crippen molar-refractivity contribution in [3.8, 4) is 0 Å². The molecule has 7 heteroatoms. The van der Waals surface area contributed by atoms with E-state index in [0.29, 0.717) is 24.3 Å². The zero-order valence-corrected chi connectivity index (χ0v) is 15.1. The Kier molecular flexibility index (Phi) is 5.68. The van der Waals surface area contributed by atoms with Crippen LogP contribution in [0, 0.1) is 5.82 Å². The van der Waals surface area contributed by atoms with Crippen molar-refractivity contribution < 1.29 is 17.6 Å². The molecule has 2 aromatic carbocycles. The number of carbonyl (C=O) groups is 1. The molecular formula is C19H21FN2O3S. The fourth-order valence-electron chi connectivity index (χ4n) is 2.98. The molecule has 0 atom stereocenters. The van der Waals surface area contributed by atoms with Gasteiger partial charge in [0.15, 0.2) is 0 Å². The average molecular weight is 376 g/mol. The highest BCUT2D eigenvalue weighted by molar-refractivity contribution is 7.89. The lowest BCUT2D eigenvalue weighted by Crippen LogP contribution is -2.31. The smallest absolute Gasteiger partial charge is 0.255 e. The third-order valence-corrected chi connectivity index (χ3v) is 6.31. The number of hydrogen-bond acceptors (Lipinski definition) is 3. The van der Waals surface area contributed by atoms with Crippen molar-refractivity contribution in [2.24, 2.45) is 0 Å². The number of nitrogens with zero attached hydrogens (tertiary/aromatic N) is 1. The van der Waals surface area contributed by atoms with E-state index < -0.39 is 21.7 Å². The zero-order chi connectivity index (χ0) is 18.6. The van der Waals surface area contributed by atoms with Crippen LogP contribution < -0.4 is 5.32 Å². The molecule has 26 heavy (non-hydrogen) atoms. The summed E-state index contributed by atoms with van der Waals surface area (Å²) in [6.07, 6.45) is 3.83. The van der Waals surface area contributed by atoms with Crippen LogP contribution in [-0.2, 0) is 10.0 Å². The van der Waals surface area contributed by atoms with Crippen LogP contribution in [-0.4, -0.2) is 31.7 Å². The highest BCUT2D eigenvalue weighted by Gasteiger charge is 2.25. The van der Waals surface area contributed by atoms with Crippen molar-refractivity contribution in [2.45, 2.75) is 30.6 Å². The molecule has 1 amide bonds. The summed E-state index contributed by atoms with van der Waals surface area (Å²) in [5, 5.41) is 2.59. The van der Waals surface area contributed by atoms with Gasteiger partial charge in [0.2, 0.25) is 10.0 Å². The zero-order valence-electron chi connectivity index (χ0n) is 14.3. The van der Waals surface area contributed by atoms with Crippen LogP contribution in [0.25, 0.3) is 0 Å². The van der Waals surface area contributed by atoms with Crippen molar-refractivity contribution in [1.82, 2.24) is 4.31 Å². The lowest BCUT2D eigenvalue weighted by molar-refractivity contribution is 0.102. The van der Waals surface area contributed by atoms with Crippen molar-refractivity contribution >= 4 is 21.6 Å². The first-order valence-electron chi connectivity index (χ1n) is 8.64. The summed E-state index contributed by atoms with van der Waals surface area (Å²) in [5.41, 5.74) is 0.653. The molecule has 1 fully saturated rings. The summed E-state index contributed by atoms with van der Waals surface area (Å²) in [4.78, 5) is 12.4. The number of anilines is 1. The van der Waals surface area contributed by atoms with E-state index in [1.165, 1.54) is 46.8 Å². The summed E-state index contributed by atoms with van der Waals surface area (Å²) in [5.74, 6) is -0.865. The van der Waals surface area contributed by atoms with Gasteiger partial charge in [-0.05, 0) is 55.3 Å². The SMILES string of the molecule is O=C(Nc1cccc(F)c1)c1ccc(S(=O)(=O)N2CCCCCC2)cc1. The molecule has 0 spiro atoms. The van der Waals surface area contributed by atoms with Gasteiger partial charge in [0.25, 0.3) is 5.91 Å². The number of amides is 1. The Morgan fingerprint density at radius 2 is 1.62 bits per heavy atom. The molecular weight excluding hydrogens is 355 g/mol. The molecule has 5 nitrogen and oxygen atoms in total. The van der Waals surface area contributed by atoms with E-state index in [-0.39, 0.29) is 4.90 Å². The predicted octanol–water partition coefficient (Wildman–Crippen LogP) is 3.64. The van der Waals surface area contributed by atoms with Crippen LogP contribution in [0.4, 0.5) is 10.1 Å². The second-order valence-corrected chi connectivity index (χ2v) is 8.25. The van der Waals surface area contributed by atoms with Gasteiger partial charge in [-0.2, -0.15) is 4.31 Å². The summed E-state index contributed by atoms with van der Waals surface area (Å²) in [6, 6.07) is 11.4. The minimum Gasteiger partial charge on any atom is -0.322 e. The molecule has 3 rings (SSSR count). The van der Waals surface area contributed by atoms with Crippen molar-refractivity contribution in [3.63, 3.8) is 0 Å². The molecule has 1 aliphatic rings. The molecule has 1 N–H and O–H groups in total. The Morgan fingerprint density at radius 3 is 2.23 bits per heavy atom. The van der Waals surface area contributed by atoms with E-state index in [9.17, 15) is 17.6 Å². The van der Waals surface area contributed by atoms with E-state index in [4.69, 9.17) is 0 Å². The standard InChI is InChI=1S/C19H21FN2O3S/c20-16-6-5-7-17(14-16)21-19(23)15-8-10-18(11-9-15)26(24,25)22-12-3-1-2-4-13-22/h5-11,14H,1-4,12-13H2,(H,21,23). The fraction of sp³-hybridized carbons (Fsp3) is 0.316. The fourth-order valence-corrected chi connectivity index (χ4v) is 4.50. The summed E-state index contributed by atoms with van der Waals surface area (Å²) in [6.45, 7) is 1.06. The number of sulfonamides is 1. The Hall–Kier alpha value is -2.25. The predicted molar refractivity (Wildman–Crippen MR) is 98.0 cm³/mol. The maximum atomic E-state index is 13.2. The molecule has 1 saturated heterocycles. The molecule has 1 heterocycles. The lowest BCUT2D eigenvalue weighted by atomic mass is 10.2. The first-order chi connectivity index (χ1) is 12.5. The van der Waals surface area contributed by atoms with Crippen molar-refractivity contribution in [2.75, 3.05) is 18.4 Å². The minimum atomic E-state index is -3.54.